The van der Waals surface area contributed by atoms with Crippen molar-refractivity contribution < 1.29 is 9.59 Å². The number of nitrogens with one attached hydrogen (secondary N) is 1. The van der Waals surface area contributed by atoms with E-state index >= 15 is 0 Å². The van der Waals surface area contributed by atoms with Crippen LogP contribution in [0.3, 0.4) is 0 Å². The number of carbonyl (C=O) groups excluding carboxylic acids is 2. The summed E-state index contributed by atoms with van der Waals surface area (Å²) in [4.78, 5) is 25.9. The molecule has 2 amide bonds. The Labute approximate surface area is 108 Å². The molecule has 18 heavy (non-hydrogen) atoms. The molecular weight excluding hydrogens is 228 g/mol. The first-order valence-corrected chi connectivity index (χ1v) is 7.23. The van der Waals surface area contributed by atoms with Crippen LogP contribution < -0.4 is 5.32 Å². The van der Waals surface area contributed by atoms with E-state index in [4.69, 9.17) is 0 Å². The fourth-order valence-corrected chi connectivity index (χ4v) is 3.30. The van der Waals surface area contributed by atoms with E-state index in [-0.39, 0.29) is 17.7 Å². The second kappa shape index (κ2) is 4.56. The van der Waals surface area contributed by atoms with E-state index in [1.165, 1.54) is 6.42 Å². The minimum absolute atomic E-state index is 0.102. The smallest absolute Gasteiger partial charge is 0.225 e. The third kappa shape index (κ3) is 2.38. The van der Waals surface area contributed by atoms with Crippen molar-refractivity contribution in [2.75, 3.05) is 6.54 Å². The number of hydrogen-bond donors (Lipinski definition) is 1. The topological polar surface area (TPSA) is 49.4 Å². The lowest BCUT2D eigenvalue weighted by molar-refractivity contribution is -0.129. The fourth-order valence-electron chi connectivity index (χ4n) is 3.30. The van der Waals surface area contributed by atoms with Gasteiger partial charge in [-0.15, -0.1) is 0 Å². The quantitative estimate of drug-likeness (QED) is 0.821. The minimum Gasteiger partial charge on any atom is -0.353 e. The first kappa shape index (κ1) is 12.0. The van der Waals surface area contributed by atoms with Crippen LogP contribution in [0.15, 0.2) is 0 Å². The molecule has 3 fully saturated rings. The van der Waals surface area contributed by atoms with Crippen LogP contribution in [0.2, 0.25) is 0 Å². The summed E-state index contributed by atoms with van der Waals surface area (Å²) in [6, 6.07) is 0.791. The Balaban J connectivity index is 1.52. The lowest BCUT2D eigenvalue weighted by atomic mass is 10.1. The Hall–Kier alpha value is -1.06. The van der Waals surface area contributed by atoms with Crippen molar-refractivity contribution in [3.8, 4) is 0 Å². The van der Waals surface area contributed by atoms with Gasteiger partial charge in [-0.1, -0.05) is 6.92 Å². The van der Waals surface area contributed by atoms with Gasteiger partial charge in [0.15, 0.2) is 0 Å². The molecule has 1 aliphatic heterocycles. The van der Waals surface area contributed by atoms with E-state index in [1.54, 1.807) is 0 Å². The maximum atomic E-state index is 12.2. The lowest BCUT2D eigenvalue weighted by Gasteiger charge is -2.17. The monoisotopic (exact) mass is 250 g/mol. The molecule has 3 rings (SSSR count). The zero-order valence-electron chi connectivity index (χ0n) is 11.0. The van der Waals surface area contributed by atoms with Gasteiger partial charge in [-0.3, -0.25) is 9.59 Å². The van der Waals surface area contributed by atoms with Crippen LogP contribution in [0.5, 0.6) is 0 Å². The molecule has 1 N–H and O–H groups in total. The molecule has 0 aromatic carbocycles. The summed E-state index contributed by atoms with van der Waals surface area (Å²) >= 11 is 0. The van der Waals surface area contributed by atoms with Crippen molar-refractivity contribution in [2.24, 2.45) is 11.8 Å². The standard InChI is InChI=1S/C14H22N2O2/c1-9-2-3-11(6-9)15-14(18)10-7-13(17)16(8-10)12-4-5-12/h9-12H,2-8H2,1H3,(H,15,18). The highest BCUT2D eigenvalue weighted by Crippen LogP contribution is 2.33. The van der Waals surface area contributed by atoms with Gasteiger partial charge in [0.1, 0.15) is 0 Å². The van der Waals surface area contributed by atoms with Gasteiger partial charge in [0.05, 0.1) is 5.92 Å². The Morgan fingerprint density at radius 1 is 1.28 bits per heavy atom. The van der Waals surface area contributed by atoms with E-state index in [9.17, 15) is 9.59 Å². The van der Waals surface area contributed by atoms with Crippen LogP contribution in [0, 0.1) is 11.8 Å². The molecule has 4 heteroatoms. The third-order valence-corrected chi connectivity index (χ3v) is 4.56. The van der Waals surface area contributed by atoms with Gasteiger partial charge in [-0.25, -0.2) is 0 Å². The third-order valence-electron chi connectivity index (χ3n) is 4.56. The predicted molar refractivity (Wildman–Crippen MR) is 67.8 cm³/mol. The van der Waals surface area contributed by atoms with Crippen molar-refractivity contribution in [1.82, 2.24) is 10.2 Å². The van der Waals surface area contributed by atoms with Crippen LogP contribution in [-0.2, 0) is 9.59 Å². The summed E-state index contributed by atoms with van der Waals surface area (Å²) in [5.41, 5.74) is 0. The van der Waals surface area contributed by atoms with Crippen LogP contribution in [0.25, 0.3) is 0 Å². The van der Waals surface area contributed by atoms with Crippen molar-refractivity contribution in [2.45, 2.75) is 57.5 Å². The Morgan fingerprint density at radius 3 is 2.67 bits per heavy atom. The van der Waals surface area contributed by atoms with Gasteiger partial charge in [-0.05, 0) is 38.0 Å². The summed E-state index contributed by atoms with van der Waals surface area (Å²) < 4.78 is 0. The minimum atomic E-state index is -0.103. The van der Waals surface area contributed by atoms with E-state index in [0.717, 1.165) is 31.6 Å². The first-order valence-electron chi connectivity index (χ1n) is 7.23. The van der Waals surface area contributed by atoms with Crippen LogP contribution in [0.4, 0.5) is 0 Å². The van der Waals surface area contributed by atoms with E-state index in [0.29, 0.717) is 25.0 Å². The molecule has 3 aliphatic rings. The maximum absolute atomic E-state index is 12.2. The SMILES string of the molecule is CC1CCC(NC(=O)C2CC(=O)N(C3CC3)C2)C1. The summed E-state index contributed by atoms with van der Waals surface area (Å²) in [6.45, 7) is 2.89. The molecule has 0 radical (unpaired) electrons. The van der Waals surface area contributed by atoms with Crippen molar-refractivity contribution in [1.29, 1.82) is 0 Å². The van der Waals surface area contributed by atoms with Gasteiger partial charge in [-0.2, -0.15) is 0 Å². The largest absolute Gasteiger partial charge is 0.353 e. The molecule has 100 valence electrons. The van der Waals surface area contributed by atoms with Crippen molar-refractivity contribution in [3.05, 3.63) is 0 Å². The number of carbonyl (C=O) groups is 2. The molecule has 2 aliphatic carbocycles. The van der Waals surface area contributed by atoms with Crippen LogP contribution in [-0.4, -0.2) is 35.3 Å². The van der Waals surface area contributed by atoms with Crippen molar-refractivity contribution >= 4 is 11.8 Å². The average Bonchev–Trinajstić information content (AvgIpc) is 2.98. The van der Waals surface area contributed by atoms with Gasteiger partial charge in [0, 0.05) is 25.0 Å². The Bertz CT molecular complexity index is 365. The van der Waals surface area contributed by atoms with Crippen LogP contribution in [0.1, 0.15) is 45.4 Å². The molecule has 1 heterocycles. The summed E-state index contributed by atoms with van der Waals surface area (Å²) in [7, 11) is 0. The number of hydrogen-bond acceptors (Lipinski definition) is 2. The lowest BCUT2D eigenvalue weighted by Crippen LogP contribution is -2.38. The average molecular weight is 250 g/mol. The predicted octanol–water partition coefficient (Wildman–Crippen LogP) is 1.30. The van der Waals surface area contributed by atoms with Crippen LogP contribution >= 0.6 is 0 Å². The van der Waals surface area contributed by atoms with E-state index in [1.807, 2.05) is 4.90 Å². The summed E-state index contributed by atoms with van der Waals surface area (Å²) in [6.07, 6.45) is 6.08. The molecule has 0 bridgehead atoms. The molecule has 0 spiro atoms. The number of nitrogens with zero attached hydrogens (tertiary/aromatic N) is 1. The molecule has 0 aromatic rings. The fraction of sp³-hybridized carbons (Fsp3) is 0.857. The van der Waals surface area contributed by atoms with E-state index in [2.05, 4.69) is 12.2 Å². The van der Waals surface area contributed by atoms with E-state index < -0.39 is 0 Å². The van der Waals surface area contributed by atoms with Gasteiger partial charge in [0.25, 0.3) is 0 Å². The Morgan fingerprint density at radius 2 is 2.06 bits per heavy atom. The maximum Gasteiger partial charge on any atom is 0.225 e. The normalized spacial score (nSPS) is 36.2. The molecular formula is C14H22N2O2. The zero-order chi connectivity index (χ0) is 12.7. The molecule has 1 saturated heterocycles. The van der Waals surface area contributed by atoms with Gasteiger partial charge >= 0.3 is 0 Å². The molecule has 4 nitrogen and oxygen atoms in total. The molecule has 3 unspecified atom stereocenters. The first-order chi connectivity index (χ1) is 8.63. The number of amides is 2. The Kier molecular flexibility index (Phi) is 3.04. The second-order valence-corrected chi connectivity index (χ2v) is 6.30. The number of rotatable bonds is 3. The van der Waals surface area contributed by atoms with Gasteiger partial charge in [0.2, 0.25) is 11.8 Å². The molecule has 0 aromatic heterocycles. The molecule has 3 atom stereocenters. The molecule has 2 saturated carbocycles. The number of likely N-dealkylation sites (tertiary alicyclic amines) is 1. The summed E-state index contributed by atoms with van der Waals surface area (Å²) in [5.74, 6) is 0.903. The second-order valence-electron chi connectivity index (χ2n) is 6.30. The highest BCUT2D eigenvalue weighted by molar-refractivity contribution is 5.89. The van der Waals surface area contributed by atoms with Gasteiger partial charge < -0.3 is 10.2 Å². The van der Waals surface area contributed by atoms with Crippen molar-refractivity contribution in [3.63, 3.8) is 0 Å². The highest BCUT2D eigenvalue weighted by Gasteiger charge is 2.42. The highest BCUT2D eigenvalue weighted by atomic mass is 16.2. The summed E-state index contributed by atoms with van der Waals surface area (Å²) in [5, 5.41) is 3.13. The zero-order valence-corrected chi connectivity index (χ0v) is 11.0.